The van der Waals surface area contributed by atoms with Crippen LogP contribution in [0.1, 0.15) is 5.56 Å². The number of nitrogens with one attached hydrogen (secondary N) is 1. The highest BCUT2D eigenvalue weighted by Gasteiger charge is 2.31. The van der Waals surface area contributed by atoms with Crippen LogP contribution >= 0.6 is 11.3 Å². The maximum atomic E-state index is 13.1. The number of carbonyl (C=O) groups is 1. The highest BCUT2D eigenvalue weighted by Crippen LogP contribution is 2.33. The van der Waals surface area contributed by atoms with Crippen molar-refractivity contribution in [3.63, 3.8) is 0 Å². The van der Waals surface area contributed by atoms with E-state index in [9.17, 15) is 22.8 Å². The van der Waals surface area contributed by atoms with E-state index in [0.29, 0.717) is 10.2 Å². The van der Waals surface area contributed by atoms with Gasteiger partial charge in [-0.05, 0) is 29.6 Å². The number of aromatic nitrogens is 5. The van der Waals surface area contributed by atoms with Gasteiger partial charge < -0.3 is 5.32 Å². The van der Waals surface area contributed by atoms with Crippen LogP contribution in [0.5, 0.6) is 0 Å². The van der Waals surface area contributed by atoms with Crippen molar-refractivity contribution in [1.82, 2.24) is 24.3 Å². The van der Waals surface area contributed by atoms with E-state index in [2.05, 4.69) is 20.4 Å². The van der Waals surface area contributed by atoms with Crippen LogP contribution in [-0.2, 0) is 17.5 Å². The largest absolute Gasteiger partial charge is 0.416 e. The monoisotopic (exact) mass is 420 g/mol. The van der Waals surface area contributed by atoms with Gasteiger partial charge in [0.1, 0.15) is 24.0 Å². The molecule has 0 atom stereocenters. The van der Waals surface area contributed by atoms with E-state index in [4.69, 9.17) is 0 Å². The van der Waals surface area contributed by atoms with Crippen molar-refractivity contribution in [3.8, 4) is 5.69 Å². The summed E-state index contributed by atoms with van der Waals surface area (Å²) in [4.78, 5) is 33.3. The number of fused-ring (bicyclic) bond motifs is 1. The number of amides is 1. The summed E-state index contributed by atoms with van der Waals surface area (Å²) in [5, 5.41) is 8.37. The van der Waals surface area contributed by atoms with E-state index in [1.54, 1.807) is 11.4 Å². The van der Waals surface area contributed by atoms with Gasteiger partial charge in [-0.3, -0.25) is 14.2 Å². The number of hydrogen-bond acceptors (Lipinski definition) is 6. The third-order valence-corrected chi connectivity index (χ3v) is 4.85. The molecule has 0 aliphatic heterocycles. The van der Waals surface area contributed by atoms with Crippen molar-refractivity contribution in [2.75, 3.05) is 5.32 Å². The first-order chi connectivity index (χ1) is 13.8. The number of halogens is 3. The zero-order chi connectivity index (χ0) is 20.6. The highest BCUT2D eigenvalue weighted by molar-refractivity contribution is 7.16. The average molecular weight is 420 g/mol. The number of hydrogen-bond donors (Lipinski definition) is 1. The molecule has 0 spiro atoms. The van der Waals surface area contributed by atoms with Crippen molar-refractivity contribution < 1.29 is 18.0 Å². The zero-order valence-electron chi connectivity index (χ0n) is 14.4. The fourth-order valence-corrected chi connectivity index (χ4v) is 3.42. The average Bonchev–Trinajstić information content (AvgIpc) is 3.35. The van der Waals surface area contributed by atoms with Crippen molar-refractivity contribution in [1.29, 1.82) is 0 Å². The molecule has 0 saturated carbocycles. The van der Waals surface area contributed by atoms with Crippen LogP contribution < -0.4 is 10.9 Å². The molecule has 1 aromatic carbocycles. The molecule has 4 aromatic rings. The molecule has 0 radical (unpaired) electrons. The molecule has 4 rings (SSSR count). The fraction of sp³-hybridized carbons (Fsp3) is 0.118. The Hall–Kier alpha value is -3.54. The minimum atomic E-state index is -4.59. The molecule has 3 heterocycles. The lowest BCUT2D eigenvalue weighted by atomic mass is 10.1. The van der Waals surface area contributed by atoms with Crippen molar-refractivity contribution in [2.45, 2.75) is 12.7 Å². The van der Waals surface area contributed by atoms with E-state index in [1.807, 2.05) is 0 Å². The van der Waals surface area contributed by atoms with Gasteiger partial charge in [0.2, 0.25) is 5.91 Å². The van der Waals surface area contributed by atoms with Gasteiger partial charge in [-0.15, -0.1) is 11.3 Å². The highest BCUT2D eigenvalue weighted by atomic mass is 32.1. The predicted molar refractivity (Wildman–Crippen MR) is 98.9 cm³/mol. The number of thiophene rings is 1. The molecule has 1 N–H and O–H groups in total. The van der Waals surface area contributed by atoms with Gasteiger partial charge in [-0.1, -0.05) is 0 Å². The zero-order valence-corrected chi connectivity index (χ0v) is 15.2. The Bertz CT molecular complexity index is 1250. The van der Waals surface area contributed by atoms with Gasteiger partial charge in [0.25, 0.3) is 5.56 Å². The first-order valence-electron chi connectivity index (χ1n) is 8.11. The third kappa shape index (κ3) is 3.74. The summed E-state index contributed by atoms with van der Waals surface area (Å²) in [5.74, 6) is -0.691. The summed E-state index contributed by atoms with van der Waals surface area (Å²) in [5.41, 5.74) is -1.27. The van der Waals surface area contributed by atoms with Crippen LogP contribution in [0.25, 0.3) is 15.9 Å². The van der Waals surface area contributed by atoms with E-state index >= 15 is 0 Å². The standard InChI is InChI=1S/C17H11F3N6O2S/c18-17(19,20)10-1-2-13(26-8-21-7-23-26)12(5-10)24-14(27)6-25-9-22-15-11(16(25)28)3-4-29-15/h1-5,7-9H,6H2,(H,24,27). The van der Waals surface area contributed by atoms with Crippen LogP contribution in [0.4, 0.5) is 18.9 Å². The normalized spacial score (nSPS) is 11.7. The van der Waals surface area contributed by atoms with E-state index in [1.165, 1.54) is 41.1 Å². The SMILES string of the molecule is O=C(Cn1cnc2sccc2c1=O)Nc1cc(C(F)(F)F)ccc1-n1cncn1. The van der Waals surface area contributed by atoms with E-state index in [0.717, 1.165) is 16.7 Å². The number of benzene rings is 1. The first-order valence-corrected chi connectivity index (χ1v) is 8.99. The Labute approximate surface area is 164 Å². The molecule has 0 aliphatic carbocycles. The molecule has 29 heavy (non-hydrogen) atoms. The Morgan fingerprint density at radius 3 is 2.76 bits per heavy atom. The Morgan fingerprint density at radius 2 is 2.03 bits per heavy atom. The Balaban J connectivity index is 1.65. The van der Waals surface area contributed by atoms with Crippen LogP contribution in [-0.4, -0.2) is 30.2 Å². The van der Waals surface area contributed by atoms with Gasteiger partial charge in [-0.25, -0.2) is 14.6 Å². The molecule has 0 unspecified atom stereocenters. The molecule has 1 amide bonds. The second-order valence-electron chi connectivity index (χ2n) is 5.93. The number of rotatable bonds is 4. The summed E-state index contributed by atoms with van der Waals surface area (Å²) in [7, 11) is 0. The van der Waals surface area contributed by atoms with Crippen molar-refractivity contribution in [3.05, 3.63) is 64.5 Å². The van der Waals surface area contributed by atoms with Crippen molar-refractivity contribution in [2.24, 2.45) is 0 Å². The molecule has 0 bridgehead atoms. The molecule has 0 saturated heterocycles. The third-order valence-electron chi connectivity index (χ3n) is 4.03. The van der Waals surface area contributed by atoms with Gasteiger partial charge in [0.05, 0.1) is 28.7 Å². The van der Waals surface area contributed by atoms with Gasteiger partial charge in [0.15, 0.2) is 0 Å². The molecule has 148 valence electrons. The number of alkyl halides is 3. The second kappa shape index (κ2) is 7.13. The van der Waals surface area contributed by atoms with Crippen LogP contribution in [0, 0.1) is 0 Å². The summed E-state index contributed by atoms with van der Waals surface area (Å²) in [6.07, 6.45) is -0.863. The number of carbonyl (C=O) groups excluding carboxylic acids is 1. The molecule has 3 aromatic heterocycles. The van der Waals surface area contributed by atoms with Crippen LogP contribution in [0.15, 0.2) is 53.4 Å². The molecule has 0 fully saturated rings. The predicted octanol–water partition coefficient (Wildman–Crippen LogP) is 2.70. The van der Waals surface area contributed by atoms with Crippen LogP contribution in [0.2, 0.25) is 0 Å². The maximum Gasteiger partial charge on any atom is 0.416 e. The Kier molecular flexibility index (Phi) is 4.62. The Morgan fingerprint density at radius 1 is 1.21 bits per heavy atom. The number of nitrogens with zero attached hydrogens (tertiary/aromatic N) is 5. The smallest absolute Gasteiger partial charge is 0.323 e. The second-order valence-corrected chi connectivity index (χ2v) is 6.83. The minimum Gasteiger partial charge on any atom is -0.323 e. The summed E-state index contributed by atoms with van der Waals surface area (Å²) < 4.78 is 41.6. The van der Waals surface area contributed by atoms with Crippen molar-refractivity contribution >= 4 is 33.1 Å². The maximum absolute atomic E-state index is 13.1. The molecular weight excluding hydrogens is 409 g/mol. The lowest BCUT2D eigenvalue weighted by Gasteiger charge is -2.14. The molecule has 8 nitrogen and oxygen atoms in total. The quantitative estimate of drug-likeness (QED) is 0.548. The van der Waals surface area contributed by atoms with Gasteiger partial charge in [-0.2, -0.15) is 18.3 Å². The van der Waals surface area contributed by atoms with Crippen LogP contribution in [0.3, 0.4) is 0 Å². The topological polar surface area (TPSA) is 94.7 Å². The van der Waals surface area contributed by atoms with Gasteiger partial charge in [0, 0.05) is 0 Å². The lowest BCUT2D eigenvalue weighted by molar-refractivity contribution is -0.137. The molecule has 12 heteroatoms. The summed E-state index contributed by atoms with van der Waals surface area (Å²) in [6, 6.07) is 4.46. The lowest BCUT2D eigenvalue weighted by Crippen LogP contribution is -2.28. The molecule has 0 aliphatic rings. The molecular formula is C17H11F3N6O2S. The summed E-state index contributed by atoms with van der Waals surface area (Å²) >= 11 is 1.29. The first kappa shape index (κ1) is 18.8. The van der Waals surface area contributed by atoms with E-state index in [-0.39, 0.29) is 11.4 Å². The summed E-state index contributed by atoms with van der Waals surface area (Å²) in [6.45, 7) is -0.412. The minimum absolute atomic E-state index is 0.118. The van der Waals surface area contributed by atoms with Gasteiger partial charge >= 0.3 is 6.18 Å². The fourth-order valence-electron chi connectivity index (χ4n) is 2.70. The number of anilines is 1. The van der Waals surface area contributed by atoms with E-state index < -0.39 is 29.8 Å².